The number of rotatable bonds is 3. The molecule has 0 spiro atoms. The molecule has 8 nitrogen and oxygen atoms in total. The van der Waals surface area contributed by atoms with E-state index >= 15 is 0 Å². The van der Waals surface area contributed by atoms with Crippen LogP contribution in [0.25, 0.3) is 23.0 Å². The zero-order valence-corrected chi connectivity index (χ0v) is 15.6. The third kappa shape index (κ3) is 2.91. The number of ether oxygens (including phenoxy) is 3. The lowest BCUT2D eigenvalue weighted by atomic mass is 10.1. The fourth-order valence-corrected chi connectivity index (χ4v) is 3.62. The van der Waals surface area contributed by atoms with Gasteiger partial charge in [0.25, 0.3) is 5.89 Å². The molecule has 0 radical (unpaired) electrons. The Balaban J connectivity index is 1.26. The van der Waals surface area contributed by atoms with Crippen molar-refractivity contribution in [3.05, 3.63) is 65.6 Å². The molecule has 0 fully saturated rings. The maximum Gasteiger partial charge on any atom is 0.278 e. The average Bonchev–Trinajstić information content (AvgIpc) is 3.51. The molecule has 9 heteroatoms. The number of halogens is 1. The number of aromatic nitrogens is 4. The third-order valence-electron chi connectivity index (χ3n) is 5.13. The standard InChI is InChI=1S/C21H15FN4O4/c22-14-3-1-2-13(6-14)20-23-21(30-25-20)16-8-15-10-27-19(9-26(15)24-16)12-4-5-17-18(7-12)29-11-28-17/h1-8,19H,9-11H2/t19-/m1/s1. The highest BCUT2D eigenvalue weighted by Crippen LogP contribution is 2.37. The molecule has 0 saturated heterocycles. The summed E-state index contributed by atoms with van der Waals surface area (Å²) in [6.07, 6.45) is -0.162. The minimum Gasteiger partial charge on any atom is -0.454 e. The first-order chi connectivity index (χ1) is 14.7. The van der Waals surface area contributed by atoms with Crippen molar-refractivity contribution in [1.29, 1.82) is 0 Å². The van der Waals surface area contributed by atoms with Crippen LogP contribution in [-0.2, 0) is 17.9 Å². The molecule has 2 aromatic carbocycles. The first-order valence-corrected chi connectivity index (χ1v) is 9.41. The van der Waals surface area contributed by atoms with Crippen LogP contribution < -0.4 is 9.47 Å². The monoisotopic (exact) mass is 406 g/mol. The molecule has 2 aromatic heterocycles. The van der Waals surface area contributed by atoms with Crippen LogP contribution in [0.3, 0.4) is 0 Å². The Kier molecular flexibility index (Phi) is 3.81. The van der Waals surface area contributed by atoms with Crippen LogP contribution in [0.1, 0.15) is 17.4 Å². The summed E-state index contributed by atoms with van der Waals surface area (Å²) in [7, 11) is 0. The Morgan fingerprint density at radius 2 is 1.97 bits per heavy atom. The van der Waals surface area contributed by atoms with E-state index in [-0.39, 0.29) is 24.6 Å². The first-order valence-electron chi connectivity index (χ1n) is 9.41. The minimum atomic E-state index is -0.358. The first kappa shape index (κ1) is 17.2. The van der Waals surface area contributed by atoms with Gasteiger partial charge < -0.3 is 18.7 Å². The van der Waals surface area contributed by atoms with Gasteiger partial charge in [0, 0.05) is 5.56 Å². The smallest absolute Gasteiger partial charge is 0.278 e. The second-order valence-corrected chi connectivity index (χ2v) is 7.05. The Labute approximate surface area is 169 Å². The van der Waals surface area contributed by atoms with Crippen molar-refractivity contribution >= 4 is 0 Å². The van der Waals surface area contributed by atoms with E-state index in [4.69, 9.17) is 18.7 Å². The van der Waals surface area contributed by atoms with Gasteiger partial charge >= 0.3 is 0 Å². The van der Waals surface area contributed by atoms with Gasteiger partial charge in [0.15, 0.2) is 17.2 Å². The van der Waals surface area contributed by atoms with Gasteiger partial charge in [-0.2, -0.15) is 10.1 Å². The molecule has 1 atom stereocenters. The molecule has 0 bridgehead atoms. The fraction of sp³-hybridized carbons (Fsp3) is 0.190. The molecule has 0 amide bonds. The number of benzene rings is 2. The van der Waals surface area contributed by atoms with Gasteiger partial charge in [-0.1, -0.05) is 23.4 Å². The summed E-state index contributed by atoms with van der Waals surface area (Å²) in [5, 5.41) is 8.55. The Bertz CT molecular complexity index is 1250. The highest BCUT2D eigenvalue weighted by molar-refractivity contribution is 5.58. The lowest BCUT2D eigenvalue weighted by molar-refractivity contribution is -0.00122. The van der Waals surface area contributed by atoms with Crippen LogP contribution in [0, 0.1) is 5.82 Å². The van der Waals surface area contributed by atoms with Crippen LogP contribution in [-0.4, -0.2) is 26.7 Å². The van der Waals surface area contributed by atoms with Crippen molar-refractivity contribution in [2.75, 3.05) is 6.79 Å². The van der Waals surface area contributed by atoms with E-state index in [1.165, 1.54) is 12.1 Å². The summed E-state index contributed by atoms with van der Waals surface area (Å²) in [6.45, 7) is 1.18. The maximum atomic E-state index is 13.5. The number of nitrogens with zero attached hydrogens (tertiary/aromatic N) is 4. The van der Waals surface area contributed by atoms with E-state index < -0.39 is 0 Å². The minimum absolute atomic E-state index is 0.162. The Morgan fingerprint density at radius 1 is 1.03 bits per heavy atom. The highest BCUT2D eigenvalue weighted by atomic mass is 19.1. The van der Waals surface area contributed by atoms with E-state index in [0.29, 0.717) is 30.2 Å². The zero-order chi connectivity index (χ0) is 20.1. The van der Waals surface area contributed by atoms with Crippen molar-refractivity contribution in [2.45, 2.75) is 19.3 Å². The van der Waals surface area contributed by atoms with Gasteiger partial charge in [0.1, 0.15) is 11.9 Å². The van der Waals surface area contributed by atoms with Crippen LogP contribution >= 0.6 is 0 Å². The normalized spacial score (nSPS) is 17.2. The second-order valence-electron chi connectivity index (χ2n) is 7.05. The van der Waals surface area contributed by atoms with E-state index in [1.807, 2.05) is 28.9 Å². The van der Waals surface area contributed by atoms with Crippen LogP contribution in [0.15, 0.2) is 53.1 Å². The largest absolute Gasteiger partial charge is 0.454 e. The summed E-state index contributed by atoms with van der Waals surface area (Å²) < 4.78 is 37.5. The topological polar surface area (TPSA) is 84.4 Å². The second kappa shape index (κ2) is 6.67. The maximum absolute atomic E-state index is 13.5. The zero-order valence-electron chi connectivity index (χ0n) is 15.6. The Hall–Kier alpha value is -3.72. The van der Waals surface area contributed by atoms with E-state index in [0.717, 1.165) is 22.8 Å². The number of hydrogen-bond donors (Lipinski definition) is 0. The van der Waals surface area contributed by atoms with Crippen molar-refractivity contribution in [3.8, 4) is 34.5 Å². The van der Waals surface area contributed by atoms with Crippen molar-refractivity contribution in [1.82, 2.24) is 19.9 Å². The van der Waals surface area contributed by atoms with E-state index in [9.17, 15) is 4.39 Å². The molecule has 0 N–H and O–H groups in total. The van der Waals surface area contributed by atoms with Crippen molar-refractivity contribution < 1.29 is 23.1 Å². The molecule has 4 aromatic rings. The van der Waals surface area contributed by atoms with E-state index in [1.54, 1.807) is 12.1 Å². The predicted molar refractivity (Wildman–Crippen MR) is 101 cm³/mol. The number of hydrogen-bond acceptors (Lipinski definition) is 7. The quantitative estimate of drug-likeness (QED) is 0.512. The summed E-state index contributed by atoms with van der Waals surface area (Å²) in [5.74, 6) is 1.68. The lowest BCUT2D eigenvalue weighted by Gasteiger charge is -2.24. The SMILES string of the molecule is Fc1cccc(-c2noc(-c3cc4n(n3)C[C@H](c3ccc5c(c3)OCO5)OC4)n2)c1. The molecule has 4 heterocycles. The van der Waals surface area contributed by atoms with Crippen molar-refractivity contribution in [3.63, 3.8) is 0 Å². The molecule has 2 aliphatic heterocycles. The third-order valence-corrected chi connectivity index (χ3v) is 5.13. The van der Waals surface area contributed by atoms with Crippen molar-refractivity contribution in [2.24, 2.45) is 0 Å². The van der Waals surface area contributed by atoms with Crippen LogP contribution in [0.5, 0.6) is 11.5 Å². The lowest BCUT2D eigenvalue weighted by Crippen LogP contribution is -2.21. The van der Waals surface area contributed by atoms with Gasteiger partial charge in [-0.3, -0.25) is 4.68 Å². The molecule has 0 unspecified atom stereocenters. The molecule has 6 rings (SSSR count). The molecular weight excluding hydrogens is 391 g/mol. The highest BCUT2D eigenvalue weighted by Gasteiger charge is 2.26. The molecule has 2 aliphatic rings. The molecule has 0 aliphatic carbocycles. The summed E-state index contributed by atoms with van der Waals surface area (Å²) in [6, 6.07) is 13.7. The van der Waals surface area contributed by atoms with Gasteiger partial charge in [0.05, 0.1) is 18.8 Å². The predicted octanol–water partition coefficient (Wildman–Crippen LogP) is 3.74. The molecule has 150 valence electrons. The molecule has 0 saturated carbocycles. The van der Waals surface area contributed by atoms with Gasteiger partial charge in [-0.25, -0.2) is 4.39 Å². The van der Waals surface area contributed by atoms with Crippen LogP contribution in [0.4, 0.5) is 4.39 Å². The van der Waals surface area contributed by atoms with Gasteiger partial charge in [-0.05, 0) is 35.9 Å². The molecular formula is C21H15FN4O4. The molecule has 30 heavy (non-hydrogen) atoms. The summed E-state index contributed by atoms with van der Waals surface area (Å²) >= 11 is 0. The van der Waals surface area contributed by atoms with E-state index in [2.05, 4.69) is 15.2 Å². The van der Waals surface area contributed by atoms with Gasteiger partial charge in [0.2, 0.25) is 12.6 Å². The Morgan fingerprint density at radius 3 is 2.90 bits per heavy atom. The fourth-order valence-electron chi connectivity index (χ4n) is 3.62. The average molecular weight is 406 g/mol. The number of fused-ring (bicyclic) bond motifs is 2. The summed E-state index contributed by atoms with van der Waals surface area (Å²) in [4.78, 5) is 4.36. The van der Waals surface area contributed by atoms with Crippen LogP contribution in [0.2, 0.25) is 0 Å². The van der Waals surface area contributed by atoms with Gasteiger partial charge in [-0.15, -0.1) is 0 Å². The summed E-state index contributed by atoms with van der Waals surface area (Å²) in [5.41, 5.74) is 3.00.